The third kappa shape index (κ3) is 3.23. The van der Waals surface area contributed by atoms with Crippen molar-refractivity contribution in [3.05, 3.63) is 52.1 Å². The van der Waals surface area contributed by atoms with Crippen LogP contribution in [0.2, 0.25) is 0 Å². The molecule has 0 fully saturated rings. The first-order chi connectivity index (χ1) is 12.2. The van der Waals surface area contributed by atoms with Gasteiger partial charge in [-0.1, -0.05) is 30.3 Å². The van der Waals surface area contributed by atoms with Crippen LogP contribution in [0.15, 0.2) is 41.0 Å². The van der Waals surface area contributed by atoms with Crippen LogP contribution >= 0.6 is 0 Å². The summed E-state index contributed by atoms with van der Waals surface area (Å²) >= 11 is 0. The lowest BCUT2D eigenvalue weighted by atomic mass is 10.1. The fourth-order valence-corrected chi connectivity index (χ4v) is 2.83. The lowest BCUT2D eigenvalue weighted by Crippen LogP contribution is -2.22. The molecular formula is C17H19N5O3. The third-order valence-corrected chi connectivity index (χ3v) is 4.10. The van der Waals surface area contributed by atoms with Gasteiger partial charge in [0.15, 0.2) is 5.52 Å². The van der Waals surface area contributed by atoms with Crippen molar-refractivity contribution in [3.63, 3.8) is 0 Å². The summed E-state index contributed by atoms with van der Waals surface area (Å²) < 4.78 is 4.79. The van der Waals surface area contributed by atoms with Gasteiger partial charge in [0, 0.05) is 19.6 Å². The topological polar surface area (TPSA) is 97.3 Å². The molecule has 8 nitrogen and oxygen atoms in total. The molecule has 0 saturated heterocycles. The molecule has 1 aromatic heterocycles. The van der Waals surface area contributed by atoms with Crippen LogP contribution in [0.5, 0.6) is 0 Å². The highest BCUT2D eigenvalue weighted by Gasteiger charge is 2.27. The standard InChI is InChI=1S/C17H19N5O3/c1-3-21(4-2)14-10-13(18-11-12-8-6-5-7-9-12)17(22(23)24)16-15(14)19-25-20-16/h5-10,18H,3-4,11H2,1-2H3. The molecule has 0 radical (unpaired) electrons. The summed E-state index contributed by atoms with van der Waals surface area (Å²) in [6, 6.07) is 11.5. The van der Waals surface area contributed by atoms with Crippen LogP contribution in [-0.2, 0) is 6.54 Å². The Morgan fingerprint density at radius 2 is 1.84 bits per heavy atom. The zero-order valence-corrected chi connectivity index (χ0v) is 14.1. The molecule has 0 bridgehead atoms. The maximum Gasteiger partial charge on any atom is 0.323 e. The fourth-order valence-electron chi connectivity index (χ4n) is 2.83. The van der Waals surface area contributed by atoms with Crippen molar-refractivity contribution in [3.8, 4) is 0 Å². The second-order valence-electron chi connectivity index (χ2n) is 5.52. The molecule has 0 spiro atoms. The molecule has 8 heteroatoms. The van der Waals surface area contributed by atoms with Gasteiger partial charge >= 0.3 is 5.69 Å². The maximum absolute atomic E-state index is 11.6. The maximum atomic E-state index is 11.6. The summed E-state index contributed by atoms with van der Waals surface area (Å²) in [6.07, 6.45) is 0. The van der Waals surface area contributed by atoms with E-state index in [2.05, 4.69) is 20.5 Å². The molecule has 3 rings (SSSR count). The Balaban J connectivity index is 2.08. The summed E-state index contributed by atoms with van der Waals surface area (Å²) in [4.78, 5) is 13.2. The molecule has 0 aliphatic carbocycles. The van der Waals surface area contributed by atoms with Crippen molar-refractivity contribution in [2.45, 2.75) is 20.4 Å². The van der Waals surface area contributed by atoms with E-state index in [9.17, 15) is 10.1 Å². The average molecular weight is 341 g/mol. The average Bonchev–Trinajstić information content (AvgIpc) is 3.10. The van der Waals surface area contributed by atoms with Crippen LogP contribution in [0.3, 0.4) is 0 Å². The van der Waals surface area contributed by atoms with Crippen molar-refractivity contribution < 1.29 is 9.55 Å². The van der Waals surface area contributed by atoms with E-state index in [1.165, 1.54) is 0 Å². The number of nitro benzene ring substituents is 1. The predicted molar refractivity (Wildman–Crippen MR) is 95.8 cm³/mol. The van der Waals surface area contributed by atoms with Gasteiger partial charge in [-0.05, 0) is 35.8 Å². The Bertz CT molecular complexity index is 875. The minimum atomic E-state index is -0.453. The van der Waals surface area contributed by atoms with Crippen LogP contribution in [0.1, 0.15) is 19.4 Å². The lowest BCUT2D eigenvalue weighted by Gasteiger charge is -2.21. The van der Waals surface area contributed by atoms with Gasteiger partial charge < -0.3 is 10.2 Å². The number of benzene rings is 2. The van der Waals surface area contributed by atoms with Crippen molar-refractivity contribution >= 4 is 28.1 Å². The summed E-state index contributed by atoms with van der Waals surface area (Å²) in [5.41, 5.74) is 2.63. The van der Waals surface area contributed by atoms with E-state index >= 15 is 0 Å². The second-order valence-corrected chi connectivity index (χ2v) is 5.52. The van der Waals surface area contributed by atoms with Crippen molar-refractivity contribution in [1.82, 2.24) is 10.3 Å². The summed E-state index contributed by atoms with van der Waals surface area (Å²) in [7, 11) is 0. The number of nitrogens with one attached hydrogen (secondary N) is 1. The van der Waals surface area contributed by atoms with Gasteiger partial charge in [0.05, 0.1) is 10.6 Å². The highest BCUT2D eigenvalue weighted by molar-refractivity contribution is 5.99. The Morgan fingerprint density at radius 3 is 2.48 bits per heavy atom. The number of fused-ring (bicyclic) bond motifs is 1. The number of hydrogen-bond acceptors (Lipinski definition) is 7. The highest BCUT2D eigenvalue weighted by atomic mass is 16.6. The quantitative estimate of drug-likeness (QED) is 0.518. The van der Waals surface area contributed by atoms with Crippen LogP contribution in [0.25, 0.3) is 11.0 Å². The Kier molecular flexibility index (Phi) is 4.78. The summed E-state index contributed by atoms with van der Waals surface area (Å²) in [5.74, 6) is 0. The monoisotopic (exact) mass is 341 g/mol. The molecule has 0 atom stereocenters. The van der Waals surface area contributed by atoms with Crippen LogP contribution < -0.4 is 10.2 Å². The van der Waals surface area contributed by atoms with E-state index in [4.69, 9.17) is 4.63 Å². The minimum absolute atomic E-state index is 0.122. The minimum Gasteiger partial charge on any atom is -0.375 e. The molecule has 3 aromatic rings. The SMILES string of the molecule is CCN(CC)c1cc(NCc2ccccc2)c([N+](=O)[O-])c2nonc12. The van der Waals surface area contributed by atoms with Gasteiger partial charge in [-0.25, -0.2) is 4.63 Å². The first kappa shape index (κ1) is 16.7. The normalized spacial score (nSPS) is 10.8. The molecule has 1 N–H and O–H groups in total. The largest absolute Gasteiger partial charge is 0.375 e. The molecule has 0 amide bonds. The zero-order chi connectivity index (χ0) is 17.8. The van der Waals surface area contributed by atoms with Crippen molar-refractivity contribution in [2.75, 3.05) is 23.3 Å². The molecule has 0 aliphatic rings. The molecular weight excluding hydrogens is 322 g/mol. The molecule has 0 aliphatic heterocycles. The fraction of sp³-hybridized carbons (Fsp3) is 0.294. The van der Waals surface area contributed by atoms with E-state index in [1.807, 2.05) is 44.2 Å². The number of nitro groups is 1. The summed E-state index contributed by atoms with van der Waals surface area (Å²) in [5, 5.41) is 22.4. The smallest absolute Gasteiger partial charge is 0.323 e. The number of nitrogens with zero attached hydrogens (tertiary/aromatic N) is 4. The van der Waals surface area contributed by atoms with Crippen molar-refractivity contribution in [2.24, 2.45) is 0 Å². The number of anilines is 2. The Labute approximate surface area is 144 Å². The summed E-state index contributed by atoms with van der Waals surface area (Å²) in [6.45, 7) is 5.99. The van der Waals surface area contributed by atoms with E-state index in [0.717, 1.165) is 24.3 Å². The molecule has 25 heavy (non-hydrogen) atoms. The van der Waals surface area contributed by atoms with E-state index in [-0.39, 0.29) is 11.2 Å². The second kappa shape index (κ2) is 7.16. The van der Waals surface area contributed by atoms with Crippen molar-refractivity contribution in [1.29, 1.82) is 0 Å². The van der Waals surface area contributed by atoms with E-state index in [0.29, 0.717) is 17.7 Å². The van der Waals surface area contributed by atoms with Gasteiger partial charge in [-0.15, -0.1) is 0 Å². The van der Waals surface area contributed by atoms with Gasteiger partial charge in [0.1, 0.15) is 5.69 Å². The van der Waals surface area contributed by atoms with Gasteiger partial charge in [0.25, 0.3) is 0 Å². The van der Waals surface area contributed by atoms with E-state index < -0.39 is 4.92 Å². The van der Waals surface area contributed by atoms with Gasteiger partial charge in [0.2, 0.25) is 5.52 Å². The lowest BCUT2D eigenvalue weighted by molar-refractivity contribution is -0.382. The highest BCUT2D eigenvalue weighted by Crippen LogP contribution is 2.38. The first-order valence-electron chi connectivity index (χ1n) is 8.12. The third-order valence-electron chi connectivity index (χ3n) is 4.10. The number of rotatable bonds is 7. The molecule has 1 heterocycles. The zero-order valence-electron chi connectivity index (χ0n) is 14.1. The Hall–Kier alpha value is -3.16. The molecule has 0 saturated carbocycles. The predicted octanol–water partition coefficient (Wildman–Crippen LogP) is 3.59. The number of aromatic nitrogens is 2. The van der Waals surface area contributed by atoms with Crippen LogP contribution in [0.4, 0.5) is 17.1 Å². The molecule has 2 aromatic carbocycles. The molecule has 130 valence electrons. The van der Waals surface area contributed by atoms with Gasteiger partial charge in [-0.2, -0.15) is 0 Å². The van der Waals surface area contributed by atoms with Crippen LogP contribution in [-0.4, -0.2) is 28.3 Å². The first-order valence-corrected chi connectivity index (χ1v) is 8.12. The Morgan fingerprint density at radius 1 is 1.16 bits per heavy atom. The number of hydrogen-bond donors (Lipinski definition) is 1. The van der Waals surface area contributed by atoms with E-state index in [1.54, 1.807) is 6.07 Å². The van der Waals surface area contributed by atoms with Crippen LogP contribution in [0, 0.1) is 10.1 Å². The molecule has 0 unspecified atom stereocenters. The van der Waals surface area contributed by atoms with Gasteiger partial charge in [-0.3, -0.25) is 10.1 Å².